The Labute approximate surface area is 165 Å². The van der Waals surface area contributed by atoms with Crippen molar-refractivity contribution < 1.29 is 14.3 Å². The van der Waals surface area contributed by atoms with E-state index in [0.717, 1.165) is 13.1 Å². The number of methoxy groups -OCH3 is 2. The molecule has 1 aliphatic rings. The number of hydrogen-bond donors (Lipinski definition) is 0. The summed E-state index contributed by atoms with van der Waals surface area (Å²) in [7, 11) is 5.14. The first-order chi connectivity index (χ1) is 13.3. The maximum atomic E-state index is 13.3. The van der Waals surface area contributed by atoms with Crippen molar-refractivity contribution in [3.63, 3.8) is 0 Å². The van der Waals surface area contributed by atoms with E-state index in [1.54, 1.807) is 30.0 Å². The summed E-state index contributed by atoms with van der Waals surface area (Å²) in [4.78, 5) is 30.5. The first-order valence-electron chi connectivity index (χ1n) is 9.62. The number of amides is 1. The minimum absolute atomic E-state index is 0.0529. The smallest absolute Gasteiger partial charge is 0.258 e. The van der Waals surface area contributed by atoms with Crippen molar-refractivity contribution in [3.8, 4) is 11.5 Å². The van der Waals surface area contributed by atoms with Gasteiger partial charge in [-0.1, -0.05) is 13.8 Å². The molecule has 1 fully saturated rings. The summed E-state index contributed by atoms with van der Waals surface area (Å²) in [6, 6.07) is 3.41. The second-order valence-electron chi connectivity index (χ2n) is 7.74. The molecule has 1 saturated heterocycles. The quantitative estimate of drug-likeness (QED) is 0.786. The van der Waals surface area contributed by atoms with Crippen LogP contribution in [0.5, 0.6) is 11.5 Å². The number of rotatable bonds is 5. The molecule has 0 aliphatic carbocycles. The minimum Gasteiger partial charge on any atom is -0.493 e. The monoisotopic (exact) mass is 387 g/mol. The lowest BCUT2D eigenvalue weighted by atomic mass is 10.0. The lowest BCUT2D eigenvalue weighted by molar-refractivity contribution is 0.0665. The molecule has 1 aliphatic heterocycles. The highest BCUT2D eigenvalue weighted by atomic mass is 16.5. The SMILES string of the molecule is COc1cc2c(C(=O)N3CCN(C)CC3)cn(CC(C)C)c(=O)c2cc1OC. The molecule has 0 atom stereocenters. The molecule has 0 radical (unpaired) electrons. The van der Waals surface area contributed by atoms with Crippen LogP contribution in [0.2, 0.25) is 0 Å². The van der Waals surface area contributed by atoms with Crippen LogP contribution in [-0.4, -0.2) is 67.7 Å². The maximum Gasteiger partial charge on any atom is 0.258 e. The summed E-state index contributed by atoms with van der Waals surface area (Å²) in [6.07, 6.45) is 1.71. The fraction of sp³-hybridized carbons (Fsp3) is 0.524. The molecule has 0 saturated carbocycles. The summed E-state index contributed by atoms with van der Waals surface area (Å²) in [5.74, 6) is 1.21. The van der Waals surface area contributed by atoms with Crippen LogP contribution in [0.1, 0.15) is 24.2 Å². The molecule has 7 nitrogen and oxygen atoms in total. The predicted molar refractivity (Wildman–Crippen MR) is 110 cm³/mol. The summed E-state index contributed by atoms with van der Waals surface area (Å²) in [5.41, 5.74) is 0.403. The number of carbonyl (C=O) groups excluding carboxylic acids is 1. The Balaban J connectivity index is 2.19. The fourth-order valence-electron chi connectivity index (χ4n) is 3.60. The van der Waals surface area contributed by atoms with Crippen molar-refractivity contribution in [2.75, 3.05) is 47.4 Å². The molecule has 0 bridgehead atoms. The van der Waals surface area contributed by atoms with Gasteiger partial charge in [0, 0.05) is 44.3 Å². The van der Waals surface area contributed by atoms with Gasteiger partial charge in [0.05, 0.1) is 25.2 Å². The van der Waals surface area contributed by atoms with Gasteiger partial charge in [-0.2, -0.15) is 0 Å². The van der Waals surface area contributed by atoms with Crippen molar-refractivity contribution in [2.45, 2.75) is 20.4 Å². The standard InChI is InChI=1S/C21H29N3O4/c1-14(2)12-24-13-17(21(26)23-8-6-22(3)7-9-23)15-10-18(27-4)19(28-5)11-16(15)20(24)25/h10-11,13-14H,6-9,12H2,1-5H3. The highest BCUT2D eigenvalue weighted by Gasteiger charge is 2.24. The number of aromatic nitrogens is 1. The lowest BCUT2D eigenvalue weighted by Crippen LogP contribution is -2.47. The topological polar surface area (TPSA) is 64.0 Å². The van der Waals surface area contributed by atoms with Crippen LogP contribution < -0.4 is 15.0 Å². The summed E-state index contributed by atoms with van der Waals surface area (Å²) in [6.45, 7) is 7.67. The minimum atomic E-state index is -0.125. The number of ether oxygens (including phenoxy) is 2. The van der Waals surface area contributed by atoms with Gasteiger partial charge >= 0.3 is 0 Å². The summed E-state index contributed by atoms with van der Waals surface area (Å²) in [5, 5.41) is 1.07. The van der Waals surface area contributed by atoms with Gasteiger partial charge in [-0.05, 0) is 25.1 Å². The second kappa shape index (κ2) is 8.22. The van der Waals surface area contributed by atoms with Crippen LogP contribution in [0.15, 0.2) is 23.1 Å². The maximum absolute atomic E-state index is 13.3. The number of benzene rings is 1. The summed E-state index contributed by atoms with van der Waals surface area (Å²) < 4.78 is 12.4. The van der Waals surface area contributed by atoms with E-state index in [-0.39, 0.29) is 17.4 Å². The third-order valence-corrected chi connectivity index (χ3v) is 5.17. The van der Waals surface area contributed by atoms with Crippen molar-refractivity contribution in [3.05, 3.63) is 34.2 Å². The van der Waals surface area contributed by atoms with Gasteiger partial charge in [-0.15, -0.1) is 0 Å². The zero-order valence-electron chi connectivity index (χ0n) is 17.3. The van der Waals surface area contributed by atoms with E-state index in [4.69, 9.17) is 9.47 Å². The normalized spacial score (nSPS) is 15.3. The van der Waals surface area contributed by atoms with Gasteiger partial charge in [-0.25, -0.2) is 0 Å². The molecule has 1 aromatic carbocycles. The molecular formula is C21H29N3O4. The molecule has 0 unspecified atom stereocenters. The van der Waals surface area contributed by atoms with Gasteiger partial charge in [-0.3, -0.25) is 9.59 Å². The first kappa shape index (κ1) is 20.2. The molecule has 0 spiro atoms. The van der Waals surface area contributed by atoms with Crippen LogP contribution in [0, 0.1) is 5.92 Å². The lowest BCUT2D eigenvalue weighted by Gasteiger charge is -2.32. The largest absolute Gasteiger partial charge is 0.493 e. The molecular weight excluding hydrogens is 358 g/mol. The third-order valence-electron chi connectivity index (χ3n) is 5.17. The van der Waals surface area contributed by atoms with Crippen LogP contribution in [0.3, 0.4) is 0 Å². The molecule has 3 rings (SSSR count). The summed E-state index contributed by atoms with van der Waals surface area (Å²) >= 11 is 0. The Bertz CT molecular complexity index is 927. The van der Waals surface area contributed by atoms with E-state index < -0.39 is 0 Å². The number of hydrogen-bond acceptors (Lipinski definition) is 5. The van der Waals surface area contributed by atoms with Crippen molar-refractivity contribution >= 4 is 16.7 Å². The van der Waals surface area contributed by atoms with Gasteiger partial charge < -0.3 is 23.8 Å². The highest BCUT2D eigenvalue weighted by Crippen LogP contribution is 2.32. The molecule has 2 aromatic rings. The van der Waals surface area contributed by atoms with Gasteiger partial charge in [0.15, 0.2) is 11.5 Å². The van der Waals surface area contributed by atoms with Crippen LogP contribution in [0.25, 0.3) is 10.8 Å². The van der Waals surface area contributed by atoms with Crippen molar-refractivity contribution in [2.24, 2.45) is 5.92 Å². The number of piperazine rings is 1. The van der Waals surface area contributed by atoms with Crippen LogP contribution in [-0.2, 0) is 6.54 Å². The Morgan fingerprint density at radius 2 is 1.61 bits per heavy atom. The van der Waals surface area contributed by atoms with E-state index >= 15 is 0 Å². The number of pyridine rings is 1. The second-order valence-corrected chi connectivity index (χ2v) is 7.74. The Morgan fingerprint density at radius 1 is 1.04 bits per heavy atom. The van der Waals surface area contributed by atoms with E-state index in [1.807, 2.05) is 18.7 Å². The highest BCUT2D eigenvalue weighted by molar-refractivity contribution is 6.07. The van der Waals surface area contributed by atoms with Crippen LogP contribution >= 0.6 is 0 Å². The Hall–Kier alpha value is -2.54. The molecule has 1 aromatic heterocycles. The zero-order valence-corrected chi connectivity index (χ0v) is 17.3. The molecule has 2 heterocycles. The van der Waals surface area contributed by atoms with Crippen molar-refractivity contribution in [1.29, 1.82) is 0 Å². The van der Waals surface area contributed by atoms with E-state index in [2.05, 4.69) is 11.9 Å². The van der Waals surface area contributed by atoms with Crippen LogP contribution in [0.4, 0.5) is 0 Å². The third kappa shape index (κ3) is 3.85. The van der Waals surface area contributed by atoms with E-state index in [9.17, 15) is 9.59 Å². The van der Waals surface area contributed by atoms with E-state index in [0.29, 0.717) is 47.5 Å². The van der Waals surface area contributed by atoms with Gasteiger partial charge in [0.2, 0.25) is 0 Å². The van der Waals surface area contributed by atoms with Crippen molar-refractivity contribution in [1.82, 2.24) is 14.4 Å². The van der Waals surface area contributed by atoms with Gasteiger partial charge in [0.1, 0.15) is 0 Å². The molecule has 7 heteroatoms. The average Bonchev–Trinajstić information content (AvgIpc) is 2.68. The number of carbonyl (C=O) groups is 1. The average molecular weight is 387 g/mol. The molecule has 0 N–H and O–H groups in total. The Kier molecular flexibility index (Phi) is 5.93. The fourth-order valence-corrected chi connectivity index (χ4v) is 3.60. The van der Waals surface area contributed by atoms with Gasteiger partial charge in [0.25, 0.3) is 11.5 Å². The molecule has 28 heavy (non-hydrogen) atoms. The number of likely N-dealkylation sites (N-methyl/N-ethyl adjacent to an activating group) is 1. The van der Waals surface area contributed by atoms with E-state index in [1.165, 1.54) is 7.11 Å². The molecule has 1 amide bonds. The molecule has 152 valence electrons. The first-order valence-corrected chi connectivity index (χ1v) is 9.62. The zero-order chi connectivity index (χ0) is 20.4. The Morgan fingerprint density at radius 3 is 2.14 bits per heavy atom. The number of fused-ring (bicyclic) bond motifs is 1. The predicted octanol–water partition coefficient (Wildman–Crippen LogP) is 2.06. The number of nitrogens with zero attached hydrogens (tertiary/aromatic N) is 3.